The van der Waals surface area contributed by atoms with Gasteiger partial charge in [-0.15, -0.1) is 0 Å². The lowest BCUT2D eigenvalue weighted by Crippen LogP contribution is -2.70. The highest BCUT2D eigenvalue weighted by atomic mass is 35.6. The molecule has 130 valence electrons. The van der Waals surface area contributed by atoms with E-state index < -0.39 is 43.6 Å². The monoisotopic (exact) mass is 405 g/mol. The fourth-order valence-corrected chi connectivity index (χ4v) is 4.68. The third kappa shape index (κ3) is 3.61. The summed E-state index contributed by atoms with van der Waals surface area (Å²) in [5.41, 5.74) is 0.0545. The lowest BCUT2D eigenvalue weighted by atomic mass is 10.1. The highest BCUT2D eigenvalue weighted by Gasteiger charge is 2.60. The quantitative estimate of drug-likeness (QED) is 0.395. The number of esters is 1. The average molecular weight is 407 g/mol. The Morgan fingerprint density at radius 2 is 2.00 bits per heavy atom. The number of alkyl halides is 3. The van der Waals surface area contributed by atoms with E-state index in [-0.39, 0.29) is 23.6 Å². The number of β-lactam (4-membered cyclic amide) rings is 1. The third-order valence-electron chi connectivity index (χ3n) is 3.33. The predicted molar refractivity (Wildman–Crippen MR) is 83.8 cm³/mol. The van der Waals surface area contributed by atoms with Gasteiger partial charge in [-0.05, 0) is 19.4 Å². The topological polar surface area (TPSA) is 90.0 Å². The number of hydrogen-bond acceptors (Lipinski definition) is 6. The maximum atomic E-state index is 12.2. The van der Waals surface area contributed by atoms with E-state index in [1.807, 2.05) is 0 Å². The van der Waals surface area contributed by atoms with Crippen LogP contribution in [0.2, 0.25) is 0 Å². The molecular weight excluding hydrogens is 393 g/mol. The number of nitrogens with zero attached hydrogens (tertiary/aromatic N) is 1. The molecule has 0 N–H and O–H groups in total. The molecule has 2 atom stereocenters. The molecule has 1 fully saturated rings. The highest BCUT2D eigenvalue weighted by Crippen LogP contribution is 2.38. The Kier molecular flexibility index (Phi) is 5.23. The maximum absolute atomic E-state index is 12.2. The Hall–Kier alpha value is -0.540. The van der Waals surface area contributed by atoms with Crippen LogP contribution in [0.1, 0.15) is 13.8 Å². The second kappa shape index (κ2) is 6.40. The molecule has 11 heteroatoms. The van der Waals surface area contributed by atoms with Gasteiger partial charge in [0.25, 0.3) is 5.91 Å². The van der Waals surface area contributed by atoms with Crippen molar-refractivity contribution in [2.45, 2.75) is 29.1 Å². The number of sulfone groups is 1. The van der Waals surface area contributed by atoms with Crippen molar-refractivity contribution in [3.05, 3.63) is 11.3 Å². The normalized spacial score (nSPS) is 26.7. The summed E-state index contributed by atoms with van der Waals surface area (Å²) in [6, 6.07) is 0. The molecule has 2 heterocycles. The number of ether oxygens (including phenoxy) is 2. The molecule has 0 aromatic heterocycles. The predicted octanol–water partition coefficient (Wildman–Crippen LogP) is 1.18. The Labute approximate surface area is 148 Å². The van der Waals surface area contributed by atoms with Crippen molar-refractivity contribution < 1.29 is 27.5 Å². The van der Waals surface area contributed by atoms with Gasteiger partial charge in [0, 0.05) is 6.61 Å². The number of hydrogen-bond donors (Lipinski definition) is 0. The fraction of sp³-hybridized carbons (Fsp3) is 0.667. The third-order valence-corrected chi connectivity index (χ3v) is 5.69. The molecule has 0 saturated carbocycles. The van der Waals surface area contributed by atoms with Crippen molar-refractivity contribution in [1.82, 2.24) is 4.90 Å². The van der Waals surface area contributed by atoms with Gasteiger partial charge in [-0.1, -0.05) is 34.8 Å². The molecule has 0 radical (unpaired) electrons. The van der Waals surface area contributed by atoms with Crippen molar-refractivity contribution in [2.75, 3.05) is 19.0 Å². The molecule has 0 bridgehead atoms. The minimum absolute atomic E-state index is 0.139. The lowest BCUT2D eigenvalue weighted by molar-refractivity contribution is -0.166. The zero-order valence-corrected chi connectivity index (χ0v) is 15.3. The van der Waals surface area contributed by atoms with Crippen LogP contribution in [-0.4, -0.2) is 59.4 Å². The number of amides is 1. The van der Waals surface area contributed by atoms with E-state index >= 15 is 0 Å². The Morgan fingerprint density at radius 3 is 2.52 bits per heavy atom. The average Bonchev–Trinajstić information content (AvgIpc) is 2.40. The number of fused-ring (bicyclic) bond motifs is 1. The number of carbonyl (C=O) groups excluding carboxylic acids is 2. The SMILES string of the molecule is CCO[C@H]1C(=O)N2C(C(=O)OCC(Cl)(Cl)Cl)=C(C)CS(=O)(=O)[C@H]12. The molecule has 23 heavy (non-hydrogen) atoms. The molecule has 2 aliphatic heterocycles. The van der Waals surface area contributed by atoms with E-state index in [1.54, 1.807) is 6.92 Å². The molecule has 2 rings (SSSR count). The molecule has 1 saturated heterocycles. The van der Waals surface area contributed by atoms with Crippen LogP contribution in [0.3, 0.4) is 0 Å². The van der Waals surface area contributed by atoms with Gasteiger partial charge in [0.05, 0.1) is 5.75 Å². The molecule has 1 amide bonds. The molecule has 0 aliphatic carbocycles. The maximum Gasteiger partial charge on any atom is 0.355 e. The van der Waals surface area contributed by atoms with Gasteiger partial charge in [0.1, 0.15) is 12.3 Å². The zero-order chi connectivity index (χ0) is 17.6. The number of carbonyl (C=O) groups is 2. The van der Waals surface area contributed by atoms with Gasteiger partial charge in [-0.3, -0.25) is 9.69 Å². The van der Waals surface area contributed by atoms with E-state index in [1.165, 1.54) is 6.92 Å². The standard InChI is InChI=1S/C12H14Cl3NO6S/c1-3-21-8-9(17)16-7(11(18)22-5-12(13,14)15)6(2)4-23(19,20)10(8)16/h8,10H,3-5H2,1-2H3/t8-,10+/m0/s1. The summed E-state index contributed by atoms with van der Waals surface area (Å²) in [6.45, 7) is 2.72. The van der Waals surface area contributed by atoms with Crippen LogP contribution in [0.5, 0.6) is 0 Å². The Bertz CT molecular complexity index is 669. The van der Waals surface area contributed by atoms with Gasteiger partial charge in [-0.25, -0.2) is 13.2 Å². The minimum Gasteiger partial charge on any atom is -0.456 e. The van der Waals surface area contributed by atoms with Crippen LogP contribution in [0, 0.1) is 0 Å². The molecule has 2 aliphatic rings. The largest absolute Gasteiger partial charge is 0.456 e. The first-order chi connectivity index (χ1) is 10.5. The molecule has 0 aromatic carbocycles. The van der Waals surface area contributed by atoms with Crippen molar-refractivity contribution >= 4 is 56.5 Å². The summed E-state index contributed by atoms with van der Waals surface area (Å²) in [7, 11) is -3.65. The number of halogens is 3. The van der Waals surface area contributed by atoms with Gasteiger partial charge < -0.3 is 9.47 Å². The second-order valence-electron chi connectivity index (χ2n) is 5.10. The summed E-state index contributed by atoms with van der Waals surface area (Å²) < 4.78 is 32.7. The summed E-state index contributed by atoms with van der Waals surface area (Å²) in [4.78, 5) is 25.2. The van der Waals surface area contributed by atoms with Crippen LogP contribution >= 0.6 is 34.8 Å². The van der Waals surface area contributed by atoms with E-state index in [9.17, 15) is 18.0 Å². The minimum atomic E-state index is -3.65. The number of rotatable bonds is 4. The van der Waals surface area contributed by atoms with Crippen molar-refractivity contribution in [3.8, 4) is 0 Å². The van der Waals surface area contributed by atoms with Gasteiger partial charge in [0.15, 0.2) is 21.3 Å². The van der Waals surface area contributed by atoms with Crippen LogP contribution in [-0.2, 0) is 28.9 Å². The summed E-state index contributed by atoms with van der Waals surface area (Å²) >= 11 is 16.5. The Morgan fingerprint density at radius 1 is 1.39 bits per heavy atom. The summed E-state index contributed by atoms with van der Waals surface area (Å²) in [5.74, 6) is -1.90. The highest BCUT2D eigenvalue weighted by molar-refractivity contribution is 7.92. The van der Waals surface area contributed by atoms with E-state index in [0.717, 1.165) is 4.90 Å². The van der Waals surface area contributed by atoms with Crippen molar-refractivity contribution in [1.29, 1.82) is 0 Å². The van der Waals surface area contributed by atoms with Gasteiger partial charge >= 0.3 is 5.97 Å². The smallest absolute Gasteiger partial charge is 0.355 e. The first-order valence-corrected chi connectivity index (χ1v) is 9.44. The van der Waals surface area contributed by atoms with Gasteiger partial charge in [0.2, 0.25) is 3.79 Å². The second-order valence-corrected chi connectivity index (χ2v) is 9.72. The van der Waals surface area contributed by atoms with Crippen LogP contribution in [0.4, 0.5) is 0 Å². The van der Waals surface area contributed by atoms with E-state index in [4.69, 9.17) is 44.3 Å². The Balaban J connectivity index is 2.30. The van der Waals surface area contributed by atoms with Crippen LogP contribution in [0.15, 0.2) is 11.3 Å². The molecule has 0 aromatic rings. The molecule has 0 unspecified atom stereocenters. The molecule has 0 spiro atoms. The zero-order valence-electron chi connectivity index (χ0n) is 12.2. The first kappa shape index (κ1) is 18.8. The lowest BCUT2D eigenvalue weighted by Gasteiger charge is -2.48. The molecular formula is C12H14Cl3NO6S. The van der Waals surface area contributed by atoms with Gasteiger partial charge in [-0.2, -0.15) is 0 Å². The van der Waals surface area contributed by atoms with Crippen LogP contribution < -0.4 is 0 Å². The summed E-state index contributed by atoms with van der Waals surface area (Å²) in [6.07, 6.45) is -1.12. The van der Waals surface area contributed by atoms with E-state index in [0.29, 0.717) is 0 Å². The van der Waals surface area contributed by atoms with Crippen molar-refractivity contribution in [2.24, 2.45) is 0 Å². The van der Waals surface area contributed by atoms with E-state index in [2.05, 4.69) is 0 Å². The van der Waals surface area contributed by atoms with Crippen molar-refractivity contribution in [3.63, 3.8) is 0 Å². The summed E-state index contributed by atoms with van der Waals surface area (Å²) in [5, 5.41) is -1.23. The van der Waals surface area contributed by atoms with Crippen LogP contribution in [0.25, 0.3) is 0 Å². The fourth-order valence-electron chi connectivity index (χ4n) is 2.51. The first-order valence-electron chi connectivity index (χ1n) is 6.59. The molecule has 7 nitrogen and oxygen atoms in total.